The van der Waals surface area contributed by atoms with Crippen LogP contribution in [0.15, 0.2) is 17.5 Å². The molecule has 0 aliphatic carbocycles. The van der Waals surface area contributed by atoms with E-state index in [1.807, 2.05) is 0 Å². The lowest BCUT2D eigenvalue weighted by Gasteiger charge is -2.05. The molecule has 0 atom stereocenters. The van der Waals surface area contributed by atoms with Gasteiger partial charge in [0, 0.05) is 6.07 Å². The number of hydrogen-bond acceptors (Lipinski definition) is 5. The minimum absolute atomic E-state index is 0.166. The summed E-state index contributed by atoms with van der Waals surface area (Å²) in [6.45, 7) is -0.520. The molecule has 0 amide bonds. The fraction of sp³-hybridized carbons (Fsp3) is 0.100. The molecule has 2 aromatic rings. The molecule has 0 fully saturated rings. The number of nitrogens with zero attached hydrogens (tertiary/aromatic N) is 1. The monoisotopic (exact) mass is 253 g/mol. The van der Waals surface area contributed by atoms with Crippen molar-refractivity contribution in [1.29, 1.82) is 0 Å². The Morgan fingerprint density at radius 3 is 2.82 bits per heavy atom. The lowest BCUT2D eigenvalue weighted by atomic mass is 10.2. The number of carboxylic acids is 2. The molecule has 2 heterocycles. The lowest BCUT2D eigenvalue weighted by molar-refractivity contribution is -0.139. The molecule has 0 saturated heterocycles. The third-order valence-corrected chi connectivity index (χ3v) is 2.78. The van der Waals surface area contributed by atoms with E-state index in [1.54, 1.807) is 11.4 Å². The van der Waals surface area contributed by atoms with Crippen LogP contribution in [0.3, 0.4) is 0 Å². The number of ether oxygens (including phenoxy) is 1. The second-order valence-corrected chi connectivity index (χ2v) is 4.03. The first-order chi connectivity index (χ1) is 8.08. The standard InChI is InChI=1S/C10H7NO5S/c12-8(13)4-16-7-3-6(10(14)15)11-9-5(7)1-2-17-9/h1-3H,4H2,(H,12,13)(H,14,15). The van der Waals surface area contributed by atoms with Crippen molar-refractivity contribution in [1.82, 2.24) is 4.98 Å². The van der Waals surface area contributed by atoms with Crippen LogP contribution in [0.5, 0.6) is 5.75 Å². The van der Waals surface area contributed by atoms with Gasteiger partial charge < -0.3 is 14.9 Å². The highest BCUT2D eigenvalue weighted by Gasteiger charge is 2.13. The summed E-state index contributed by atoms with van der Waals surface area (Å²) >= 11 is 1.27. The van der Waals surface area contributed by atoms with Gasteiger partial charge in [0.15, 0.2) is 12.3 Å². The zero-order chi connectivity index (χ0) is 12.4. The average molecular weight is 253 g/mol. The maximum atomic E-state index is 10.8. The lowest BCUT2D eigenvalue weighted by Crippen LogP contribution is -2.10. The van der Waals surface area contributed by atoms with Crippen molar-refractivity contribution < 1.29 is 24.5 Å². The Balaban J connectivity index is 2.46. The van der Waals surface area contributed by atoms with E-state index in [1.165, 1.54) is 17.4 Å². The van der Waals surface area contributed by atoms with E-state index in [4.69, 9.17) is 14.9 Å². The van der Waals surface area contributed by atoms with Crippen LogP contribution in [0.2, 0.25) is 0 Å². The summed E-state index contributed by atoms with van der Waals surface area (Å²) in [5.41, 5.74) is -0.166. The number of fused-ring (bicyclic) bond motifs is 1. The van der Waals surface area contributed by atoms with Crippen molar-refractivity contribution in [2.45, 2.75) is 0 Å². The molecule has 2 N–H and O–H groups in total. The van der Waals surface area contributed by atoms with Crippen molar-refractivity contribution in [3.63, 3.8) is 0 Å². The van der Waals surface area contributed by atoms with Crippen molar-refractivity contribution in [2.75, 3.05) is 6.61 Å². The molecule has 2 aromatic heterocycles. The predicted molar refractivity (Wildman–Crippen MR) is 59.7 cm³/mol. The van der Waals surface area contributed by atoms with Gasteiger partial charge in [0.05, 0.1) is 5.39 Å². The van der Waals surface area contributed by atoms with E-state index in [0.717, 1.165) is 0 Å². The highest BCUT2D eigenvalue weighted by molar-refractivity contribution is 7.16. The normalized spacial score (nSPS) is 10.4. The van der Waals surface area contributed by atoms with E-state index in [0.29, 0.717) is 10.2 Å². The molecule has 6 nitrogen and oxygen atoms in total. The molecule has 0 aromatic carbocycles. The zero-order valence-corrected chi connectivity index (χ0v) is 9.23. The number of pyridine rings is 1. The number of carboxylic acid groups (broad SMARTS) is 2. The number of carbonyl (C=O) groups is 2. The molecule has 0 aliphatic heterocycles. The van der Waals surface area contributed by atoms with Gasteiger partial charge in [-0.3, -0.25) is 0 Å². The second-order valence-electron chi connectivity index (χ2n) is 3.13. The summed E-state index contributed by atoms with van der Waals surface area (Å²) in [5.74, 6) is -2.08. The largest absolute Gasteiger partial charge is 0.481 e. The molecule has 88 valence electrons. The third-order valence-electron chi connectivity index (χ3n) is 1.97. The smallest absolute Gasteiger partial charge is 0.354 e. The van der Waals surface area contributed by atoms with Gasteiger partial charge in [-0.05, 0) is 11.4 Å². The van der Waals surface area contributed by atoms with E-state index >= 15 is 0 Å². The van der Waals surface area contributed by atoms with Crippen LogP contribution >= 0.6 is 11.3 Å². The molecule has 0 unspecified atom stereocenters. The molecule has 0 spiro atoms. The summed E-state index contributed by atoms with van der Waals surface area (Å²) in [6.07, 6.45) is 0. The van der Waals surface area contributed by atoms with Gasteiger partial charge in [-0.2, -0.15) is 0 Å². The average Bonchev–Trinajstić information content (AvgIpc) is 2.73. The maximum Gasteiger partial charge on any atom is 0.354 e. The molecule has 7 heteroatoms. The summed E-state index contributed by atoms with van der Waals surface area (Å²) in [7, 11) is 0. The first kappa shape index (κ1) is 11.3. The number of aliphatic carboxylic acids is 1. The van der Waals surface area contributed by atoms with Gasteiger partial charge in [-0.15, -0.1) is 11.3 Å². The Morgan fingerprint density at radius 1 is 1.41 bits per heavy atom. The number of aromatic carboxylic acids is 1. The van der Waals surface area contributed by atoms with Gasteiger partial charge in [0.2, 0.25) is 0 Å². The van der Waals surface area contributed by atoms with Crippen LogP contribution < -0.4 is 4.74 Å². The molecule has 0 bridgehead atoms. The van der Waals surface area contributed by atoms with Crippen LogP contribution in [0.25, 0.3) is 10.2 Å². The Labute approximate surface area is 99.1 Å². The number of rotatable bonds is 4. The van der Waals surface area contributed by atoms with Gasteiger partial charge in [-0.1, -0.05) is 0 Å². The first-order valence-electron chi connectivity index (χ1n) is 4.54. The minimum Gasteiger partial charge on any atom is -0.481 e. The van der Waals surface area contributed by atoms with Gasteiger partial charge in [-0.25, -0.2) is 14.6 Å². The molecule has 17 heavy (non-hydrogen) atoms. The number of aromatic nitrogens is 1. The van der Waals surface area contributed by atoms with Crippen molar-refractivity contribution in [2.24, 2.45) is 0 Å². The Morgan fingerprint density at radius 2 is 2.18 bits per heavy atom. The van der Waals surface area contributed by atoms with Crippen LogP contribution in [0.1, 0.15) is 10.5 Å². The minimum atomic E-state index is -1.18. The SMILES string of the molecule is O=C(O)COc1cc(C(=O)O)nc2sccc12. The quantitative estimate of drug-likeness (QED) is 0.856. The van der Waals surface area contributed by atoms with Crippen LogP contribution in [-0.2, 0) is 4.79 Å². The maximum absolute atomic E-state index is 10.8. The fourth-order valence-corrected chi connectivity index (χ4v) is 2.07. The summed E-state index contributed by atoms with van der Waals surface area (Å²) < 4.78 is 5.03. The van der Waals surface area contributed by atoms with E-state index in [9.17, 15) is 9.59 Å². The van der Waals surface area contributed by atoms with Crippen LogP contribution in [0, 0.1) is 0 Å². The Kier molecular flexibility index (Phi) is 2.92. The third kappa shape index (κ3) is 2.34. The van der Waals surface area contributed by atoms with Crippen LogP contribution in [-0.4, -0.2) is 33.7 Å². The van der Waals surface area contributed by atoms with Gasteiger partial charge in [0.1, 0.15) is 10.6 Å². The number of hydrogen-bond donors (Lipinski definition) is 2. The molecular formula is C10H7NO5S. The van der Waals surface area contributed by atoms with Crippen molar-refractivity contribution >= 4 is 33.5 Å². The van der Waals surface area contributed by atoms with Crippen molar-refractivity contribution in [3.05, 3.63) is 23.2 Å². The predicted octanol–water partition coefficient (Wildman–Crippen LogP) is 1.46. The summed E-state index contributed by atoms with van der Waals surface area (Å²) in [4.78, 5) is 25.7. The second kappa shape index (κ2) is 4.38. The fourth-order valence-electron chi connectivity index (χ4n) is 1.29. The number of thiophene rings is 1. The Bertz CT molecular complexity index is 591. The summed E-state index contributed by atoms with van der Waals surface area (Å²) in [5, 5.41) is 19.7. The van der Waals surface area contributed by atoms with Gasteiger partial charge >= 0.3 is 11.9 Å². The zero-order valence-electron chi connectivity index (χ0n) is 8.41. The molecule has 0 saturated carbocycles. The highest BCUT2D eigenvalue weighted by Crippen LogP contribution is 2.29. The first-order valence-corrected chi connectivity index (χ1v) is 5.42. The van der Waals surface area contributed by atoms with E-state index in [-0.39, 0.29) is 11.4 Å². The topological polar surface area (TPSA) is 96.7 Å². The highest BCUT2D eigenvalue weighted by atomic mass is 32.1. The van der Waals surface area contributed by atoms with Crippen molar-refractivity contribution in [3.8, 4) is 5.75 Å². The van der Waals surface area contributed by atoms with E-state index < -0.39 is 18.5 Å². The molecule has 0 aliphatic rings. The Hall–Kier alpha value is -2.15. The molecular weight excluding hydrogens is 246 g/mol. The van der Waals surface area contributed by atoms with Gasteiger partial charge in [0.25, 0.3) is 0 Å². The molecule has 0 radical (unpaired) electrons. The van der Waals surface area contributed by atoms with E-state index in [2.05, 4.69) is 4.98 Å². The molecule has 2 rings (SSSR count). The van der Waals surface area contributed by atoms with Crippen LogP contribution in [0.4, 0.5) is 0 Å². The summed E-state index contributed by atoms with van der Waals surface area (Å²) in [6, 6.07) is 2.93.